The average molecular weight is 556 g/mol. The van der Waals surface area contributed by atoms with Gasteiger partial charge in [0, 0.05) is 17.3 Å². The maximum absolute atomic E-state index is 14.5. The molecule has 3 aromatic rings. The highest BCUT2D eigenvalue weighted by molar-refractivity contribution is 7.90. The average Bonchev–Trinajstić information content (AvgIpc) is 3.19. The van der Waals surface area contributed by atoms with E-state index < -0.39 is 21.7 Å². The molecule has 1 aliphatic carbocycles. The van der Waals surface area contributed by atoms with Gasteiger partial charge >= 0.3 is 0 Å². The Balaban J connectivity index is 1.70. The lowest BCUT2D eigenvalue weighted by Crippen LogP contribution is -2.32. The molecule has 1 saturated carbocycles. The summed E-state index contributed by atoms with van der Waals surface area (Å²) in [4.78, 5) is 21.8. The Morgan fingerprint density at radius 1 is 1.10 bits per heavy atom. The monoisotopic (exact) mass is 555 g/mol. The second kappa shape index (κ2) is 11.7. The fourth-order valence-corrected chi connectivity index (χ4v) is 5.43. The number of carbonyl (C=O) groups excluding carboxylic acids is 1. The van der Waals surface area contributed by atoms with Crippen LogP contribution < -0.4 is 14.2 Å². The number of halogens is 1. The third-order valence-corrected chi connectivity index (χ3v) is 8.11. The summed E-state index contributed by atoms with van der Waals surface area (Å²) in [6.45, 7) is 10.3. The van der Waals surface area contributed by atoms with Gasteiger partial charge in [0.15, 0.2) is 5.03 Å². The number of nitrogens with zero attached hydrogens (tertiary/aromatic N) is 2. The number of aryl methyl sites for hydroxylation is 1. The second-order valence-electron chi connectivity index (χ2n) is 10.6. The van der Waals surface area contributed by atoms with Crippen molar-refractivity contribution in [3.8, 4) is 22.9 Å². The summed E-state index contributed by atoms with van der Waals surface area (Å²) in [5.74, 6) is -0.158. The van der Waals surface area contributed by atoms with E-state index in [0.717, 1.165) is 12.8 Å². The summed E-state index contributed by atoms with van der Waals surface area (Å²) in [6.07, 6.45) is 1.52. The Kier molecular flexibility index (Phi) is 8.54. The molecular formula is C29H34FN3O5S. The number of hydrogen-bond donors (Lipinski definition) is 1. The van der Waals surface area contributed by atoms with Crippen molar-refractivity contribution >= 4 is 15.9 Å². The molecule has 1 aromatic carbocycles. The third-order valence-electron chi connectivity index (χ3n) is 6.87. The Bertz CT molecular complexity index is 1460. The lowest BCUT2D eigenvalue weighted by molar-refractivity contribution is 0.0966. The molecule has 0 radical (unpaired) electrons. The number of rotatable bonds is 9. The van der Waals surface area contributed by atoms with E-state index in [1.54, 1.807) is 25.1 Å². The van der Waals surface area contributed by atoms with Crippen molar-refractivity contribution in [2.24, 2.45) is 17.8 Å². The van der Waals surface area contributed by atoms with E-state index in [9.17, 15) is 17.6 Å². The molecule has 39 heavy (non-hydrogen) atoms. The van der Waals surface area contributed by atoms with Crippen LogP contribution in [-0.4, -0.2) is 37.0 Å². The van der Waals surface area contributed by atoms with E-state index in [1.807, 2.05) is 13.8 Å². The number of aromatic nitrogens is 2. The highest BCUT2D eigenvalue weighted by Crippen LogP contribution is 2.35. The minimum Gasteiger partial charge on any atom is -0.493 e. The molecular weight excluding hydrogens is 521 g/mol. The zero-order valence-electron chi connectivity index (χ0n) is 22.8. The van der Waals surface area contributed by atoms with Crippen LogP contribution in [-0.2, 0) is 10.0 Å². The number of ether oxygens (including phenoxy) is 2. The SMILES string of the molecule is Cc1cccc(S(=O)(=O)NC(=O)c2ccc(-c3cc(F)cc(OCC(C)C)c3)nc2OC2CCC(C)C2C)n1. The Hall–Kier alpha value is -3.53. The molecule has 1 N–H and O–H groups in total. The van der Waals surface area contributed by atoms with Crippen LogP contribution in [0.1, 0.15) is 56.6 Å². The Labute approximate surface area is 229 Å². The van der Waals surface area contributed by atoms with Gasteiger partial charge in [0.25, 0.3) is 15.9 Å². The van der Waals surface area contributed by atoms with Gasteiger partial charge in [0.2, 0.25) is 5.88 Å². The molecule has 2 aromatic heterocycles. The van der Waals surface area contributed by atoms with Gasteiger partial charge in [-0.05, 0) is 73.9 Å². The van der Waals surface area contributed by atoms with Gasteiger partial charge in [-0.15, -0.1) is 0 Å². The highest BCUT2D eigenvalue weighted by Gasteiger charge is 2.33. The standard InChI is InChI=1S/C29H34FN3O5S/c1-17(2)16-37-23-14-21(13-22(30)15-23)25-11-10-24(29(32-25)38-26-12-9-18(3)20(26)5)28(34)33-39(35,36)27-8-6-7-19(4)31-27/h6-8,10-11,13-15,17-18,20,26H,9,12,16H2,1-5H3,(H,33,34). The van der Waals surface area contributed by atoms with E-state index in [1.165, 1.54) is 30.3 Å². The topological polar surface area (TPSA) is 107 Å². The quantitative estimate of drug-likeness (QED) is 0.368. The molecule has 3 unspecified atom stereocenters. The van der Waals surface area contributed by atoms with Crippen molar-refractivity contribution in [3.63, 3.8) is 0 Å². The van der Waals surface area contributed by atoms with Crippen LogP contribution in [0, 0.1) is 30.5 Å². The van der Waals surface area contributed by atoms with Crippen molar-refractivity contribution in [2.45, 2.75) is 58.6 Å². The zero-order chi connectivity index (χ0) is 28.3. The van der Waals surface area contributed by atoms with Gasteiger partial charge in [0.1, 0.15) is 23.2 Å². The molecule has 3 atom stereocenters. The van der Waals surface area contributed by atoms with E-state index in [2.05, 4.69) is 28.5 Å². The number of benzene rings is 1. The predicted octanol–water partition coefficient (Wildman–Crippen LogP) is 5.56. The smallest absolute Gasteiger partial charge is 0.281 e. The number of hydrogen-bond acceptors (Lipinski definition) is 7. The first-order valence-electron chi connectivity index (χ1n) is 13.0. The first kappa shape index (κ1) is 28.5. The fraction of sp³-hybridized carbons (Fsp3) is 0.414. The molecule has 2 heterocycles. The first-order chi connectivity index (χ1) is 18.4. The number of nitrogens with one attached hydrogen (secondary N) is 1. The number of amides is 1. The van der Waals surface area contributed by atoms with Gasteiger partial charge in [0.05, 0.1) is 12.3 Å². The van der Waals surface area contributed by atoms with Crippen LogP contribution in [0.5, 0.6) is 11.6 Å². The molecule has 0 saturated heterocycles. The molecule has 4 rings (SSSR count). The van der Waals surface area contributed by atoms with E-state index in [0.29, 0.717) is 35.2 Å². The van der Waals surface area contributed by atoms with E-state index in [-0.39, 0.29) is 34.4 Å². The highest BCUT2D eigenvalue weighted by atomic mass is 32.2. The van der Waals surface area contributed by atoms with E-state index in [4.69, 9.17) is 9.47 Å². The van der Waals surface area contributed by atoms with Crippen molar-refractivity contribution in [1.29, 1.82) is 0 Å². The van der Waals surface area contributed by atoms with Crippen LogP contribution in [0.2, 0.25) is 0 Å². The number of carbonyl (C=O) groups is 1. The largest absolute Gasteiger partial charge is 0.493 e. The minimum atomic E-state index is -4.24. The van der Waals surface area contributed by atoms with Crippen molar-refractivity contribution in [1.82, 2.24) is 14.7 Å². The summed E-state index contributed by atoms with van der Waals surface area (Å²) in [5.41, 5.74) is 1.25. The van der Waals surface area contributed by atoms with Crippen molar-refractivity contribution in [3.05, 3.63) is 65.6 Å². The maximum atomic E-state index is 14.5. The minimum absolute atomic E-state index is 0.0164. The van der Waals surface area contributed by atoms with Gasteiger partial charge in [-0.25, -0.2) is 19.1 Å². The van der Waals surface area contributed by atoms with E-state index >= 15 is 0 Å². The van der Waals surface area contributed by atoms with Crippen LogP contribution in [0.4, 0.5) is 4.39 Å². The molecule has 1 fully saturated rings. The summed E-state index contributed by atoms with van der Waals surface area (Å²) in [7, 11) is -4.24. The summed E-state index contributed by atoms with van der Waals surface area (Å²) < 4.78 is 54.3. The third kappa shape index (κ3) is 6.92. The Morgan fingerprint density at radius 3 is 2.54 bits per heavy atom. The molecule has 0 aliphatic heterocycles. The van der Waals surface area contributed by atoms with Gasteiger partial charge in [-0.3, -0.25) is 4.79 Å². The summed E-state index contributed by atoms with van der Waals surface area (Å²) >= 11 is 0. The number of pyridine rings is 2. The fourth-order valence-electron chi connectivity index (χ4n) is 4.45. The van der Waals surface area contributed by atoms with Crippen LogP contribution >= 0.6 is 0 Å². The van der Waals surface area contributed by atoms with Gasteiger partial charge < -0.3 is 9.47 Å². The maximum Gasteiger partial charge on any atom is 0.281 e. The lowest BCUT2D eigenvalue weighted by Gasteiger charge is -2.21. The Morgan fingerprint density at radius 2 is 1.87 bits per heavy atom. The van der Waals surface area contributed by atoms with Gasteiger partial charge in [-0.2, -0.15) is 8.42 Å². The summed E-state index contributed by atoms with van der Waals surface area (Å²) in [6, 6.07) is 11.8. The van der Waals surface area contributed by atoms with Gasteiger partial charge in [-0.1, -0.05) is 33.8 Å². The first-order valence-corrected chi connectivity index (χ1v) is 14.5. The van der Waals surface area contributed by atoms with Crippen molar-refractivity contribution in [2.75, 3.05) is 6.61 Å². The lowest BCUT2D eigenvalue weighted by atomic mass is 9.99. The number of sulfonamides is 1. The molecule has 0 bridgehead atoms. The summed E-state index contributed by atoms with van der Waals surface area (Å²) in [5, 5.41) is -0.269. The zero-order valence-corrected chi connectivity index (χ0v) is 23.6. The molecule has 1 aliphatic rings. The molecule has 8 nitrogen and oxygen atoms in total. The van der Waals surface area contributed by atoms with Crippen LogP contribution in [0.25, 0.3) is 11.3 Å². The molecule has 10 heteroatoms. The van der Waals surface area contributed by atoms with Crippen LogP contribution in [0.3, 0.4) is 0 Å². The van der Waals surface area contributed by atoms with Crippen LogP contribution in [0.15, 0.2) is 53.6 Å². The normalized spacial score (nSPS) is 19.2. The second-order valence-corrected chi connectivity index (χ2v) is 12.2. The molecule has 1 amide bonds. The van der Waals surface area contributed by atoms with Crippen molar-refractivity contribution < 1.29 is 27.1 Å². The molecule has 208 valence electrons. The molecule has 0 spiro atoms. The predicted molar refractivity (Wildman–Crippen MR) is 146 cm³/mol.